The molecule has 2 aromatic carbocycles. The van der Waals surface area contributed by atoms with Gasteiger partial charge in [-0.15, -0.1) is 16.8 Å². The molecule has 1 amide bonds. The van der Waals surface area contributed by atoms with Crippen molar-refractivity contribution in [1.29, 1.82) is 0 Å². The Balaban J connectivity index is 1.69. The van der Waals surface area contributed by atoms with E-state index in [1.807, 2.05) is 79.1 Å². The number of nitrogens with zero attached hydrogens (tertiary/aromatic N) is 4. The lowest BCUT2D eigenvalue weighted by molar-refractivity contribution is -0.115. The van der Waals surface area contributed by atoms with Crippen LogP contribution in [0.5, 0.6) is 0 Å². The summed E-state index contributed by atoms with van der Waals surface area (Å²) >= 11 is 1.38. The smallest absolute Gasteiger partial charge is 0.242 e. The summed E-state index contributed by atoms with van der Waals surface area (Å²) in [6, 6.07) is 19.5. The lowest BCUT2D eigenvalue weighted by Gasteiger charge is -2.18. The summed E-state index contributed by atoms with van der Waals surface area (Å²) in [5.74, 6) is 0.597. The maximum absolute atomic E-state index is 13.5. The highest BCUT2D eigenvalue weighted by atomic mass is 32.2. The molecule has 33 heavy (non-hydrogen) atoms. The average molecular weight is 456 g/mol. The van der Waals surface area contributed by atoms with E-state index >= 15 is 0 Å². The monoisotopic (exact) mass is 455 g/mol. The van der Waals surface area contributed by atoms with Crippen LogP contribution >= 0.6 is 11.8 Å². The maximum Gasteiger partial charge on any atom is 0.242 e. The molecule has 1 N–H and O–H groups in total. The number of rotatable bonds is 8. The van der Waals surface area contributed by atoms with Gasteiger partial charge in [0.15, 0.2) is 11.0 Å². The summed E-state index contributed by atoms with van der Waals surface area (Å²) < 4.78 is 1.97. The molecular weight excluding hydrogens is 430 g/mol. The van der Waals surface area contributed by atoms with Crippen molar-refractivity contribution < 1.29 is 4.79 Å². The minimum atomic E-state index is -0.510. The zero-order chi connectivity index (χ0) is 23.2. The van der Waals surface area contributed by atoms with E-state index in [1.165, 1.54) is 11.8 Å². The molecule has 0 unspecified atom stereocenters. The predicted molar refractivity (Wildman–Crippen MR) is 133 cm³/mol. The van der Waals surface area contributed by atoms with Crippen LogP contribution in [0.4, 0.5) is 5.69 Å². The highest BCUT2D eigenvalue weighted by Crippen LogP contribution is 2.37. The molecule has 0 aliphatic carbocycles. The molecular formula is C26H25N5OS. The molecule has 4 aromatic rings. The zero-order valence-corrected chi connectivity index (χ0v) is 19.4. The first-order valence-corrected chi connectivity index (χ1v) is 11.5. The molecule has 0 aliphatic rings. The largest absolute Gasteiger partial charge is 0.325 e. The summed E-state index contributed by atoms with van der Waals surface area (Å²) in [4.78, 5) is 17.6. The van der Waals surface area contributed by atoms with Crippen LogP contribution in [0.25, 0.3) is 11.4 Å². The number of pyridine rings is 1. The Bertz CT molecular complexity index is 1250. The van der Waals surface area contributed by atoms with Crippen molar-refractivity contribution in [3.63, 3.8) is 0 Å². The number of benzene rings is 2. The van der Waals surface area contributed by atoms with Gasteiger partial charge in [0.05, 0.1) is 0 Å². The number of anilines is 1. The Kier molecular flexibility index (Phi) is 7.00. The third-order valence-electron chi connectivity index (χ3n) is 5.18. The molecule has 0 radical (unpaired) electrons. The summed E-state index contributed by atoms with van der Waals surface area (Å²) in [6.07, 6.45) is 5.24. The molecule has 166 valence electrons. The van der Waals surface area contributed by atoms with Gasteiger partial charge in [-0.2, -0.15) is 0 Å². The highest BCUT2D eigenvalue weighted by Gasteiger charge is 2.26. The minimum Gasteiger partial charge on any atom is -0.325 e. The van der Waals surface area contributed by atoms with E-state index in [0.29, 0.717) is 17.5 Å². The SMILES string of the molecule is C=CCn1c(S[C@H](C(=O)Nc2cc(C)ccc2C)c2ccccc2)nnc1-c1ccncc1. The third-order valence-corrected chi connectivity index (χ3v) is 6.42. The average Bonchev–Trinajstić information content (AvgIpc) is 3.23. The van der Waals surface area contributed by atoms with E-state index in [9.17, 15) is 4.79 Å². The summed E-state index contributed by atoms with van der Waals surface area (Å²) in [7, 11) is 0. The van der Waals surface area contributed by atoms with Crippen molar-refractivity contribution in [2.45, 2.75) is 30.8 Å². The molecule has 2 heterocycles. The number of carbonyl (C=O) groups excluding carboxylic acids is 1. The zero-order valence-electron chi connectivity index (χ0n) is 18.6. The Morgan fingerprint density at radius 2 is 1.85 bits per heavy atom. The van der Waals surface area contributed by atoms with Gasteiger partial charge in [0.1, 0.15) is 5.25 Å². The number of carbonyl (C=O) groups is 1. The van der Waals surface area contributed by atoms with E-state index in [2.05, 4.69) is 27.1 Å². The van der Waals surface area contributed by atoms with E-state index in [4.69, 9.17) is 0 Å². The number of allylic oxidation sites excluding steroid dienone is 1. The van der Waals surface area contributed by atoms with Crippen LogP contribution in [0.15, 0.2) is 90.9 Å². The number of nitrogens with one attached hydrogen (secondary N) is 1. The first-order chi connectivity index (χ1) is 16.1. The topological polar surface area (TPSA) is 72.7 Å². The first kappa shape index (κ1) is 22.5. The fraction of sp³-hybridized carbons (Fsp3) is 0.154. The van der Waals surface area contributed by atoms with Crippen LogP contribution in [0.3, 0.4) is 0 Å². The number of hydrogen-bond acceptors (Lipinski definition) is 5. The molecule has 0 spiro atoms. The van der Waals surface area contributed by atoms with Crippen molar-refractivity contribution in [1.82, 2.24) is 19.7 Å². The van der Waals surface area contributed by atoms with Gasteiger partial charge in [0, 0.05) is 30.2 Å². The van der Waals surface area contributed by atoms with Crippen LogP contribution in [0.1, 0.15) is 21.9 Å². The molecule has 7 heteroatoms. The van der Waals surface area contributed by atoms with Crippen molar-refractivity contribution in [3.05, 3.63) is 102 Å². The number of aromatic nitrogens is 4. The third kappa shape index (κ3) is 5.21. The van der Waals surface area contributed by atoms with Gasteiger partial charge in [-0.3, -0.25) is 14.3 Å². The number of hydrogen-bond donors (Lipinski definition) is 1. The Labute approximate surface area is 197 Å². The molecule has 0 saturated carbocycles. The Hall–Kier alpha value is -3.71. The summed E-state index contributed by atoms with van der Waals surface area (Å²) in [5, 5.41) is 12.1. The second-order valence-corrected chi connectivity index (χ2v) is 8.73. The van der Waals surface area contributed by atoms with Gasteiger partial charge in [-0.25, -0.2) is 0 Å². The lowest BCUT2D eigenvalue weighted by atomic mass is 10.1. The van der Waals surface area contributed by atoms with Crippen LogP contribution in [0, 0.1) is 13.8 Å². The van der Waals surface area contributed by atoms with Crippen LogP contribution in [-0.4, -0.2) is 25.7 Å². The summed E-state index contributed by atoms with van der Waals surface area (Å²) in [5.41, 5.74) is 4.71. The van der Waals surface area contributed by atoms with Crippen molar-refractivity contribution in [2.75, 3.05) is 5.32 Å². The quantitative estimate of drug-likeness (QED) is 0.276. The number of thioether (sulfide) groups is 1. The van der Waals surface area contributed by atoms with Gasteiger partial charge in [0.25, 0.3) is 0 Å². The van der Waals surface area contributed by atoms with Crippen molar-refractivity contribution in [2.24, 2.45) is 0 Å². The molecule has 1 atom stereocenters. The van der Waals surface area contributed by atoms with E-state index in [1.54, 1.807) is 18.5 Å². The number of aryl methyl sites for hydroxylation is 2. The second kappa shape index (κ2) is 10.3. The second-order valence-electron chi connectivity index (χ2n) is 7.66. The Morgan fingerprint density at radius 3 is 2.58 bits per heavy atom. The van der Waals surface area contributed by atoms with Gasteiger partial charge in [-0.05, 0) is 48.7 Å². The van der Waals surface area contributed by atoms with E-state index < -0.39 is 5.25 Å². The molecule has 0 aliphatic heterocycles. The molecule has 0 saturated heterocycles. The van der Waals surface area contributed by atoms with E-state index in [0.717, 1.165) is 27.9 Å². The Morgan fingerprint density at radius 1 is 1.09 bits per heavy atom. The van der Waals surface area contributed by atoms with Crippen LogP contribution in [0.2, 0.25) is 0 Å². The van der Waals surface area contributed by atoms with Gasteiger partial charge in [0.2, 0.25) is 5.91 Å². The van der Waals surface area contributed by atoms with Crippen molar-refractivity contribution in [3.8, 4) is 11.4 Å². The fourth-order valence-corrected chi connectivity index (χ4v) is 4.51. The lowest BCUT2D eigenvalue weighted by Crippen LogP contribution is -2.20. The standard InChI is InChI=1S/C26H25N5OS/c1-4-16-31-24(21-12-14-27-15-13-21)29-30-26(31)33-23(20-8-6-5-7-9-20)25(32)28-22-17-18(2)10-11-19(22)3/h4-15,17,23H,1,16H2,2-3H3,(H,28,32)/t23-/m0/s1. The van der Waals surface area contributed by atoms with Crippen molar-refractivity contribution >= 4 is 23.4 Å². The molecule has 0 fully saturated rings. The molecule has 6 nitrogen and oxygen atoms in total. The predicted octanol–water partition coefficient (Wildman–Crippen LogP) is 5.62. The normalized spacial score (nSPS) is 11.7. The fourth-order valence-electron chi connectivity index (χ4n) is 3.46. The van der Waals surface area contributed by atoms with Gasteiger partial charge >= 0.3 is 0 Å². The maximum atomic E-state index is 13.5. The molecule has 2 aromatic heterocycles. The minimum absolute atomic E-state index is 0.112. The van der Waals surface area contributed by atoms with Gasteiger partial charge in [-0.1, -0.05) is 60.3 Å². The number of amides is 1. The van der Waals surface area contributed by atoms with Crippen LogP contribution in [-0.2, 0) is 11.3 Å². The highest BCUT2D eigenvalue weighted by molar-refractivity contribution is 8.00. The molecule has 0 bridgehead atoms. The van der Waals surface area contributed by atoms with Crippen LogP contribution < -0.4 is 5.32 Å². The summed E-state index contributed by atoms with van der Waals surface area (Å²) in [6.45, 7) is 8.40. The van der Waals surface area contributed by atoms with Gasteiger partial charge < -0.3 is 5.32 Å². The van der Waals surface area contributed by atoms with E-state index in [-0.39, 0.29) is 5.91 Å². The first-order valence-electron chi connectivity index (χ1n) is 10.6. The molecule has 4 rings (SSSR count).